The zero-order chi connectivity index (χ0) is 20.8. The van der Waals surface area contributed by atoms with E-state index in [0.717, 1.165) is 54.7 Å². The van der Waals surface area contributed by atoms with E-state index < -0.39 is 0 Å². The molecule has 1 aromatic heterocycles. The van der Waals surface area contributed by atoms with Gasteiger partial charge in [0, 0.05) is 51.1 Å². The van der Waals surface area contributed by atoms with E-state index in [1.54, 1.807) is 7.05 Å². The molecule has 3 heterocycles. The quantitative estimate of drug-likeness (QED) is 0.591. The van der Waals surface area contributed by atoms with Crippen LogP contribution in [-0.4, -0.2) is 57.0 Å². The minimum absolute atomic E-state index is 0.237. The van der Waals surface area contributed by atoms with Crippen LogP contribution in [-0.2, 0) is 11.3 Å². The average molecular weight is 412 g/mol. The van der Waals surface area contributed by atoms with Crippen molar-refractivity contribution in [1.29, 1.82) is 0 Å². The normalized spacial score (nSPS) is 19.2. The molecule has 0 aliphatic carbocycles. The van der Waals surface area contributed by atoms with E-state index in [1.807, 2.05) is 24.4 Å². The number of rotatable bonds is 4. The number of anilines is 2. The molecule has 0 saturated carbocycles. The summed E-state index contributed by atoms with van der Waals surface area (Å²) in [4.78, 5) is 11.2. The summed E-state index contributed by atoms with van der Waals surface area (Å²) in [5, 5.41) is 6.62. The molecule has 1 aromatic carbocycles. The van der Waals surface area contributed by atoms with Crippen molar-refractivity contribution in [2.75, 3.05) is 50.2 Å². The van der Waals surface area contributed by atoms with Crippen LogP contribution in [0.1, 0.15) is 18.9 Å². The largest absolute Gasteiger partial charge is 0.490 e. The predicted octanol–water partition coefficient (Wildman–Crippen LogP) is 2.66. The van der Waals surface area contributed by atoms with Crippen molar-refractivity contribution < 1.29 is 14.2 Å². The van der Waals surface area contributed by atoms with E-state index in [0.29, 0.717) is 25.7 Å². The molecule has 2 aromatic rings. The monoisotopic (exact) mass is 411 g/mol. The smallest absolute Gasteiger partial charge is 0.195 e. The van der Waals surface area contributed by atoms with E-state index in [9.17, 15) is 0 Å². The Morgan fingerprint density at radius 1 is 1.17 bits per heavy atom. The lowest BCUT2D eigenvalue weighted by Gasteiger charge is -2.32. The number of benzene rings is 1. The Bertz CT molecular complexity index is 872. The van der Waals surface area contributed by atoms with Gasteiger partial charge in [-0.25, -0.2) is 4.98 Å². The van der Waals surface area contributed by atoms with Crippen LogP contribution >= 0.6 is 0 Å². The number of aliphatic imine (C=N–C) groups is 1. The summed E-state index contributed by atoms with van der Waals surface area (Å²) in [5.74, 6) is 3.20. The third kappa shape index (κ3) is 5.13. The molecule has 8 heteroatoms. The molecule has 0 bridgehead atoms. The molecule has 1 atom stereocenters. The van der Waals surface area contributed by atoms with Crippen molar-refractivity contribution in [3.8, 4) is 11.5 Å². The number of hydrogen-bond acceptors (Lipinski definition) is 6. The molecule has 0 spiro atoms. The molecule has 1 unspecified atom stereocenters. The van der Waals surface area contributed by atoms with Crippen molar-refractivity contribution in [3.63, 3.8) is 0 Å². The van der Waals surface area contributed by atoms with E-state index in [2.05, 4.69) is 44.6 Å². The van der Waals surface area contributed by atoms with Crippen LogP contribution in [0.5, 0.6) is 11.5 Å². The number of pyridine rings is 1. The number of guanidine groups is 1. The Labute approximate surface area is 177 Å². The lowest BCUT2D eigenvalue weighted by molar-refractivity contribution is 0.0529. The highest BCUT2D eigenvalue weighted by atomic mass is 16.5. The highest BCUT2D eigenvalue weighted by Crippen LogP contribution is 2.32. The van der Waals surface area contributed by atoms with Crippen molar-refractivity contribution in [3.05, 3.63) is 42.1 Å². The second-order valence-electron chi connectivity index (χ2n) is 7.41. The summed E-state index contributed by atoms with van der Waals surface area (Å²) in [6.07, 6.45) is 3.03. The van der Waals surface area contributed by atoms with E-state index >= 15 is 0 Å². The zero-order valence-electron chi connectivity index (χ0n) is 17.6. The Morgan fingerprint density at radius 3 is 2.80 bits per heavy atom. The van der Waals surface area contributed by atoms with Gasteiger partial charge in [-0.1, -0.05) is 6.07 Å². The van der Waals surface area contributed by atoms with E-state index in [-0.39, 0.29) is 6.10 Å². The standard InChI is InChI=1S/C22H29N5O3/c1-16-15-27(8-11-28-16)21-7-4-17(13-24-21)14-25-22(23-2)26-18-5-6-19-20(12-18)30-10-3-9-29-19/h4-7,12-13,16H,3,8-11,14-15H2,1-2H3,(H2,23,25,26). The van der Waals surface area contributed by atoms with Gasteiger partial charge in [0.1, 0.15) is 5.82 Å². The molecule has 1 saturated heterocycles. The molecule has 0 amide bonds. The van der Waals surface area contributed by atoms with Crippen molar-refractivity contribution in [1.82, 2.24) is 10.3 Å². The predicted molar refractivity (Wildman–Crippen MR) is 118 cm³/mol. The van der Waals surface area contributed by atoms with Crippen LogP contribution in [0.4, 0.5) is 11.5 Å². The molecule has 1 fully saturated rings. The summed E-state index contributed by atoms with van der Waals surface area (Å²) < 4.78 is 17.0. The summed E-state index contributed by atoms with van der Waals surface area (Å²) in [5.41, 5.74) is 1.98. The van der Waals surface area contributed by atoms with Gasteiger partial charge < -0.3 is 29.7 Å². The van der Waals surface area contributed by atoms with Gasteiger partial charge in [-0.2, -0.15) is 0 Å². The van der Waals surface area contributed by atoms with Crippen LogP contribution in [0, 0.1) is 0 Å². The first kappa shape index (κ1) is 20.3. The third-order valence-electron chi connectivity index (χ3n) is 5.07. The summed E-state index contributed by atoms with van der Waals surface area (Å²) in [7, 11) is 1.75. The maximum absolute atomic E-state index is 5.76. The molecule has 160 valence electrons. The number of nitrogens with one attached hydrogen (secondary N) is 2. The first-order chi connectivity index (χ1) is 14.7. The fourth-order valence-electron chi connectivity index (χ4n) is 3.48. The molecule has 30 heavy (non-hydrogen) atoms. The summed E-state index contributed by atoms with van der Waals surface area (Å²) >= 11 is 0. The first-order valence-corrected chi connectivity index (χ1v) is 10.4. The number of aromatic nitrogens is 1. The fourth-order valence-corrected chi connectivity index (χ4v) is 3.48. The van der Waals surface area contributed by atoms with Gasteiger partial charge in [-0.15, -0.1) is 0 Å². The maximum atomic E-state index is 5.76. The number of fused-ring (bicyclic) bond motifs is 1. The molecule has 4 rings (SSSR count). The molecule has 2 N–H and O–H groups in total. The summed E-state index contributed by atoms with van der Waals surface area (Å²) in [6, 6.07) is 9.98. The van der Waals surface area contributed by atoms with Crippen LogP contribution < -0.4 is 25.0 Å². The SMILES string of the molecule is CN=C(NCc1ccc(N2CCOC(C)C2)nc1)Nc1ccc2c(c1)OCCCO2. The van der Waals surface area contributed by atoms with Crippen LogP contribution in [0.3, 0.4) is 0 Å². The van der Waals surface area contributed by atoms with Crippen molar-refractivity contribution >= 4 is 17.5 Å². The second kappa shape index (κ2) is 9.67. The Balaban J connectivity index is 1.33. The molecular formula is C22H29N5O3. The number of hydrogen-bond donors (Lipinski definition) is 2. The van der Waals surface area contributed by atoms with Gasteiger partial charge in [0.05, 0.1) is 25.9 Å². The topological polar surface area (TPSA) is 80.2 Å². The number of nitrogens with zero attached hydrogens (tertiary/aromatic N) is 3. The minimum atomic E-state index is 0.237. The van der Waals surface area contributed by atoms with Crippen LogP contribution in [0.15, 0.2) is 41.5 Å². The second-order valence-corrected chi connectivity index (χ2v) is 7.41. The van der Waals surface area contributed by atoms with Crippen LogP contribution in [0.25, 0.3) is 0 Å². The lowest BCUT2D eigenvalue weighted by atomic mass is 10.2. The van der Waals surface area contributed by atoms with Gasteiger partial charge >= 0.3 is 0 Å². The molecule has 2 aliphatic rings. The maximum Gasteiger partial charge on any atom is 0.195 e. The van der Waals surface area contributed by atoms with E-state index in [4.69, 9.17) is 14.2 Å². The van der Waals surface area contributed by atoms with Gasteiger partial charge in [0.25, 0.3) is 0 Å². The average Bonchev–Trinajstić information content (AvgIpc) is 3.02. The minimum Gasteiger partial charge on any atom is -0.490 e. The number of morpholine rings is 1. The highest BCUT2D eigenvalue weighted by molar-refractivity contribution is 5.93. The highest BCUT2D eigenvalue weighted by Gasteiger charge is 2.17. The zero-order valence-corrected chi connectivity index (χ0v) is 17.6. The molecule has 2 aliphatic heterocycles. The van der Waals surface area contributed by atoms with Crippen molar-refractivity contribution in [2.45, 2.75) is 26.0 Å². The van der Waals surface area contributed by atoms with Gasteiger partial charge in [-0.3, -0.25) is 4.99 Å². The third-order valence-corrected chi connectivity index (χ3v) is 5.07. The lowest BCUT2D eigenvalue weighted by Crippen LogP contribution is -2.41. The molecule has 8 nitrogen and oxygen atoms in total. The first-order valence-electron chi connectivity index (χ1n) is 10.4. The van der Waals surface area contributed by atoms with Gasteiger partial charge in [0.15, 0.2) is 17.5 Å². The van der Waals surface area contributed by atoms with Gasteiger partial charge in [-0.05, 0) is 30.7 Å². The fraction of sp³-hybridized carbons (Fsp3) is 0.455. The van der Waals surface area contributed by atoms with Crippen molar-refractivity contribution in [2.24, 2.45) is 4.99 Å². The van der Waals surface area contributed by atoms with E-state index in [1.165, 1.54) is 0 Å². The Hall–Kier alpha value is -3.00. The summed E-state index contributed by atoms with van der Waals surface area (Å²) in [6.45, 7) is 6.55. The molecular weight excluding hydrogens is 382 g/mol. The molecule has 0 radical (unpaired) electrons. The number of ether oxygens (including phenoxy) is 3. The Morgan fingerprint density at radius 2 is 2.03 bits per heavy atom. The Kier molecular flexibility index (Phi) is 6.53. The van der Waals surface area contributed by atoms with Crippen LogP contribution in [0.2, 0.25) is 0 Å². The van der Waals surface area contributed by atoms with Gasteiger partial charge in [0.2, 0.25) is 0 Å².